The second-order valence-electron chi connectivity index (χ2n) is 18.9. The number of hydrogen-bond donors (Lipinski definition) is 3. The smallest absolute Gasteiger partial charge is 0.305 e. The lowest BCUT2D eigenvalue weighted by Crippen LogP contribution is -2.45. The van der Waals surface area contributed by atoms with Gasteiger partial charge in [0.25, 0.3) is 0 Å². The maximum Gasteiger partial charge on any atom is 0.305 e. The summed E-state index contributed by atoms with van der Waals surface area (Å²) in [5.74, 6) is -0.0825. The highest BCUT2D eigenvalue weighted by atomic mass is 16.5. The minimum absolute atomic E-state index is 0.00414. The van der Waals surface area contributed by atoms with Crippen molar-refractivity contribution < 1.29 is 24.5 Å². The Morgan fingerprint density at radius 1 is 0.443 bits per heavy atom. The molecule has 0 saturated carbocycles. The largest absolute Gasteiger partial charge is 0.466 e. The monoisotopic (exact) mass is 862 g/mol. The molecule has 2 atom stereocenters. The van der Waals surface area contributed by atoms with Crippen LogP contribution in [-0.2, 0) is 14.3 Å². The number of nitrogens with one attached hydrogen (secondary N) is 1. The van der Waals surface area contributed by atoms with Crippen molar-refractivity contribution in [2.24, 2.45) is 0 Å². The standard InChI is InChI=1S/C55H107NO5/c1-3-5-7-9-11-13-15-17-19-20-21-23-27-31-35-39-43-47-53(58)52(51-57)56-54(59)48-44-40-36-32-28-24-22-26-30-34-38-42-46-50-61-55(60)49-45-41-37-33-29-25-18-16-14-12-10-8-6-4-2/h43,47,52-53,57-58H,3-42,44-46,48-51H2,1-2H3,(H,56,59)/b47-43+. The van der Waals surface area contributed by atoms with Crippen molar-refractivity contribution in [2.45, 2.75) is 315 Å². The van der Waals surface area contributed by atoms with Crippen LogP contribution in [0.1, 0.15) is 303 Å². The Balaban J connectivity index is 3.47. The molecule has 3 N–H and O–H groups in total. The van der Waals surface area contributed by atoms with Gasteiger partial charge in [0.15, 0.2) is 0 Å². The second kappa shape index (κ2) is 51.2. The molecule has 0 saturated heterocycles. The molecule has 1 amide bonds. The first-order chi connectivity index (χ1) is 30.0. The molecule has 6 heteroatoms. The first kappa shape index (κ1) is 59.6. The summed E-state index contributed by atoms with van der Waals surface area (Å²) in [7, 11) is 0. The highest BCUT2D eigenvalue weighted by Crippen LogP contribution is 2.17. The number of carbonyl (C=O) groups is 2. The number of aliphatic hydroxyl groups is 2. The van der Waals surface area contributed by atoms with Crippen molar-refractivity contribution >= 4 is 11.9 Å². The summed E-state index contributed by atoms with van der Waals surface area (Å²) in [6.07, 6.45) is 59.3. The van der Waals surface area contributed by atoms with E-state index in [1.807, 2.05) is 6.08 Å². The number of ether oxygens (including phenoxy) is 1. The molecule has 0 fully saturated rings. The van der Waals surface area contributed by atoms with Crippen LogP contribution < -0.4 is 5.32 Å². The van der Waals surface area contributed by atoms with Crippen molar-refractivity contribution in [2.75, 3.05) is 13.2 Å². The number of aliphatic hydroxyl groups excluding tert-OH is 2. The van der Waals surface area contributed by atoms with E-state index in [0.717, 1.165) is 57.8 Å². The van der Waals surface area contributed by atoms with Gasteiger partial charge >= 0.3 is 5.97 Å². The first-order valence-electron chi connectivity index (χ1n) is 27.5. The van der Waals surface area contributed by atoms with Gasteiger partial charge in [0.05, 0.1) is 25.4 Å². The van der Waals surface area contributed by atoms with Crippen molar-refractivity contribution in [3.05, 3.63) is 12.2 Å². The summed E-state index contributed by atoms with van der Waals surface area (Å²) >= 11 is 0. The van der Waals surface area contributed by atoms with E-state index in [1.165, 1.54) is 218 Å². The molecule has 0 heterocycles. The molecule has 0 aliphatic carbocycles. The Kier molecular flexibility index (Phi) is 50.1. The topological polar surface area (TPSA) is 95.9 Å². The Morgan fingerprint density at radius 3 is 1.11 bits per heavy atom. The van der Waals surface area contributed by atoms with Gasteiger partial charge in [-0.25, -0.2) is 0 Å². The van der Waals surface area contributed by atoms with Gasteiger partial charge in [0.1, 0.15) is 0 Å². The molecule has 0 spiro atoms. The third kappa shape index (κ3) is 47.9. The molecular weight excluding hydrogens is 755 g/mol. The van der Waals surface area contributed by atoms with Crippen LogP contribution in [0.2, 0.25) is 0 Å². The quantitative estimate of drug-likeness (QED) is 0.0322. The number of rotatable bonds is 51. The van der Waals surface area contributed by atoms with E-state index in [2.05, 4.69) is 19.2 Å². The van der Waals surface area contributed by atoms with Gasteiger partial charge in [-0.1, -0.05) is 270 Å². The summed E-state index contributed by atoms with van der Waals surface area (Å²) in [5.41, 5.74) is 0. The third-order valence-corrected chi connectivity index (χ3v) is 12.8. The second-order valence-corrected chi connectivity index (χ2v) is 18.9. The number of allylic oxidation sites excluding steroid dienone is 1. The highest BCUT2D eigenvalue weighted by molar-refractivity contribution is 5.76. The van der Waals surface area contributed by atoms with Gasteiger partial charge in [-0.05, 0) is 32.1 Å². The van der Waals surface area contributed by atoms with Crippen LogP contribution >= 0.6 is 0 Å². The molecule has 0 radical (unpaired) electrons. The molecular formula is C55H107NO5. The molecule has 0 aromatic rings. The van der Waals surface area contributed by atoms with Crippen molar-refractivity contribution in [3.63, 3.8) is 0 Å². The van der Waals surface area contributed by atoms with Gasteiger partial charge in [-0.3, -0.25) is 9.59 Å². The fraction of sp³-hybridized carbons (Fsp3) is 0.927. The van der Waals surface area contributed by atoms with Gasteiger partial charge in [0, 0.05) is 12.8 Å². The molecule has 0 aromatic carbocycles. The van der Waals surface area contributed by atoms with Crippen LogP contribution in [0.5, 0.6) is 0 Å². The van der Waals surface area contributed by atoms with Crippen molar-refractivity contribution in [3.8, 4) is 0 Å². The molecule has 0 aliphatic heterocycles. The zero-order valence-corrected chi connectivity index (χ0v) is 41.2. The number of carbonyl (C=O) groups excluding carboxylic acids is 2. The fourth-order valence-electron chi connectivity index (χ4n) is 8.58. The average molecular weight is 862 g/mol. The van der Waals surface area contributed by atoms with E-state index in [9.17, 15) is 19.8 Å². The van der Waals surface area contributed by atoms with Crippen molar-refractivity contribution in [1.29, 1.82) is 0 Å². The molecule has 0 bridgehead atoms. The lowest BCUT2D eigenvalue weighted by Gasteiger charge is -2.20. The number of unbranched alkanes of at least 4 members (excludes halogenated alkanes) is 40. The zero-order chi connectivity index (χ0) is 44.4. The predicted octanol–water partition coefficient (Wildman–Crippen LogP) is 16.5. The molecule has 2 unspecified atom stereocenters. The number of esters is 1. The van der Waals surface area contributed by atoms with Crippen LogP contribution in [0, 0.1) is 0 Å². The Hall–Kier alpha value is -1.40. The molecule has 6 nitrogen and oxygen atoms in total. The van der Waals surface area contributed by atoms with Gasteiger partial charge in [-0.2, -0.15) is 0 Å². The normalized spacial score (nSPS) is 12.7. The molecule has 362 valence electrons. The van der Waals surface area contributed by atoms with Crippen LogP contribution in [0.15, 0.2) is 12.2 Å². The zero-order valence-electron chi connectivity index (χ0n) is 41.2. The van der Waals surface area contributed by atoms with Crippen LogP contribution in [0.4, 0.5) is 0 Å². The van der Waals surface area contributed by atoms with E-state index in [-0.39, 0.29) is 18.5 Å². The minimum Gasteiger partial charge on any atom is -0.466 e. The van der Waals surface area contributed by atoms with Crippen LogP contribution in [0.3, 0.4) is 0 Å². The first-order valence-corrected chi connectivity index (χ1v) is 27.5. The molecule has 0 aliphatic rings. The number of hydrogen-bond acceptors (Lipinski definition) is 5. The summed E-state index contributed by atoms with van der Waals surface area (Å²) < 4.78 is 5.47. The Morgan fingerprint density at radius 2 is 0.754 bits per heavy atom. The summed E-state index contributed by atoms with van der Waals surface area (Å²) in [5, 5.41) is 23.1. The lowest BCUT2D eigenvalue weighted by atomic mass is 10.0. The Bertz CT molecular complexity index is 909. The number of amides is 1. The third-order valence-electron chi connectivity index (χ3n) is 12.8. The SMILES string of the molecule is CCCCCCCCCCCCCCCCC/C=C/C(O)C(CO)NC(=O)CCCCCCCCCCCCCCCOC(=O)CCCCCCCCCCCCCCCC. The Labute approximate surface area is 380 Å². The fourth-order valence-corrected chi connectivity index (χ4v) is 8.58. The summed E-state index contributed by atoms with van der Waals surface area (Å²) in [6, 6.07) is -0.636. The van der Waals surface area contributed by atoms with Crippen LogP contribution in [-0.4, -0.2) is 47.4 Å². The van der Waals surface area contributed by atoms with Crippen molar-refractivity contribution in [1.82, 2.24) is 5.32 Å². The van der Waals surface area contributed by atoms with Gasteiger partial charge in [-0.15, -0.1) is 0 Å². The lowest BCUT2D eigenvalue weighted by molar-refractivity contribution is -0.143. The average Bonchev–Trinajstić information content (AvgIpc) is 3.26. The molecule has 61 heavy (non-hydrogen) atoms. The predicted molar refractivity (Wildman–Crippen MR) is 264 cm³/mol. The van der Waals surface area contributed by atoms with Gasteiger partial charge < -0.3 is 20.3 Å². The van der Waals surface area contributed by atoms with E-state index in [4.69, 9.17) is 4.74 Å². The van der Waals surface area contributed by atoms with Crippen LogP contribution in [0.25, 0.3) is 0 Å². The van der Waals surface area contributed by atoms with E-state index in [1.54, 1.807) is 6.08 Å². The van der Waals surface area contributed by atoms with E-state index < -0.39 is 12.1 Å². The maximum atomic E-state index is 12.4. The van der Waals surface area contributed by atoms with E-state index >= 15 is 0 Å². The molecule has 0 aromatic heterocycles. The minimum atomic E-state index is -0.852. The highest BCUT2D eigenvalue weighted by Gasteiger charge is 2.18. The molecule has 0 rings (SSSR count). The summed E-state index contributed by atoms with van der Waals surface area (Å²) in [4.78, 5) is 24.5. The summed E-state index contributed by atoms with van der Waals surface area (Å²) in [6.45, 7) is 4.89. The van der Waals surface area contributed by atoms with E-state index in [0.29, 0.717) is 19.4 Å². The van der Waals surface area contributed by atoms with Gasteiger partial charge in [0.2, 0.25) is 5.91 Å². The maximum absolute atomic E-state index is 12.4.